The number of rotatable bonds is 6. The standard InChI is InChI=1S/C26H30N4O3S/c1-17-12-18(13-25(31)29-19-15-28-30(16-19)26(2,3)4)6-9-23(17)33-24-10-11-27-22-8-7-20(34(5)32)14-21(22)24/h6-12,14-16,22,27H,13H2,1-5H3,(H,29,31)/p+1. The molecule has 2 N–H and O–H groups in total. The number of ether oxygens (including phenoxy) is 1. The van der Waals surface area contributed by atoms with E-state index in [9.17, 15) is 9.00 Å². The summed E-state index contributed by atoms with van der Waals surface area (Å²) < 4.78 is 20.0. The zero-order chi connectivity index (χ0) is 24.5. The quantitative estimate of drug-likeness (QED) is 0.483. The molecule has 178 valence electrons. The zero-order valence-corrected chi connectivity index (χ0v) is 21.0. The molecule has 1 amide bonds. The minimum absolute atomic E-state index is 0.00962. The number of thiol groups is 1. The Balaban J connectivity index is 1.46. The highest BCUT2D eigenvalue weighted by Crippen LogP contribution is 2.29. The molecule has 1 aliphatic carbocycles. The minimum atomic E-state index is -1.43. The molecule has 2 atom stereocenters. The molecule has 1 aliphatic heterocycles. The second-order valence-electron chi connectivity index (χ2n) is 9.49. The van der Waals surface area contributed by atoms with Gasteiger partial charge in [0.2, 0.25) is 5.91 Å². The van der Waals surface area contributed by atoms with Gasteiger partial charge >= 0.3 is 0 Å². The van der Waals surface area contributed by atoms with E-state index < -0.39 is 10.8 Å². The lowest BCUT2D eigenvalue weighted by Crippen LogP contribution is -2.30. The summed E-state index contributed by atoms with van der Waals surface area (Å²) in [6.45, 7) is 8.13. The fourth-order valence-electron chi connectivity index (χ4n) is 3.78. The third kappa shape index (κ3) is 5.39. The SMILES string of the molecule is Cc1cc(CC(=O)Nc2cnn(C(C)(C)C)c2)ccc1OC1=C2C=C([SH+](C)=O)C=CC2NC=C1. The van der Waals surface area contributed by atoms with Crippen LogP contribution in [0.5, 0.6) is 5.75 Å². The highest BCUT2D eigenvalue weighted by Gasteiger charge is 2.24. The lowest BCUT2D eigenvalue weighted by atomic mass is 9.98. The van der Waals surface area contributed by atoms with Crippen molar-refractivity contribution in [3.05, 3.63) is 88.5 Å². The first-order valence-corrected chi connectivity index (χ1v) is 12.9. The van der Waals surface area contributed by atoms with Crippen LogP contribution in [-0.4, -0.2) is 28.0 Å². The summed E-state index contributed by atoms with van der Waals surface area (Å²) in [5.74, 6) is 1.33. The number of amides is 1. The number of carbonyl (C=O) groups excluding carboxylic acids is 1. The Labute approximate surface area is 202 Å². The van der Waals surface area contributed by atoms with Crippen molar-refractivity contribution >= 4 is 22.4 Å². The second kappa shape index (κ2) is 9.46. The maximum atomic E-state index is 12.6. The molecule has 0 radical (unpaired) electrons. The van der Waals surface area contributed by atoms with Gasteiger partial charge in [-0.15, -0.1) is 4.21 Å². The average molecular weight is 480 g/mol. The third-order valence-electron chi connectivity index (χ3n) is 5.63. The number of nitrogens with zero attached hydrogens (tertiary/aromatic N) is 2. The number of aromatic nitrogens is 2. The largest absolute Gasteiger partial charge is 0.457 e. The Morgan fingerprint density at radius 1 is 1.29 bits per heavy atom. The fourth-order valence-corrected chi connectivity index (χ4v) is 4.39. The maximum Gasteiger partial charge on any atom is 0.228 e. The third-order valence-corrected chi connectivity index (χ3v) is 6.64. The number of allylic oxidation sites excluding steroid dienone is 2. The monoisotopic (exact) mass is 479 g/mol. The number of fused-ring (bicyclic) bond motifs is 1. The first kappa shape index (κ1) is 23.8. The fraction of sp³-hybridized carbons (Fsp3) is 0.308. The number of benzene rings is 1. The molecule has 2 unspecified atom stereocenters. The smallest absolute Gasteiger partial charge is 0.228 e. The Morgan fingerprint density at radius 3 is 2.76 bits per heavy atom. The van der Waals surface area contributed by atoms with Crippen molar-refractivity contribution < 1.29 is 13.7 Å². The lowest BCUT2D eigenvalue weighted by Gasteiger charge is -2.24. The molecule has 7 nitrogen and oxygen atoms in total. The molecule has 1 aromatic heterocycles. The van der Waals surface area contributed by atoms with Gasteiger partial charge in [0.1, 0.15) is 28.6 Å². The van der Waals surface area contributed by atoms with Gasteiger partial charge in [0, 0.05) is 24.0 Å². The number of aryl methyl sites for hydroxylation is 1. The van der Waals surface area contributed by atoms with Crippen LogP contribution in [0.4, 0.5) is 5.69 Å². The molecule has 1 aromatic carbocycles. The highest BCUT2D eigenvalue weighted by molar-refractivity contribution is 7.88. The first-order chi connectivity index (χ1) is 16.1. The minimum Gasteiger partial charge on any atom is -0.457 e. The zero-order valence-electron chi connectivity index (χ0n) is 20.1. The topological polar surface area (TPSA) is 85.2 Å². The average Bonchev–Trinajstić information content (AvgIpc) is 3.24. The molecule has 34 heavy (non-hydrogen) atoms. The van der Waals surface area contributed by atoms with Crippen LogP contribution < -0.4 is 15.4 Å². The van der Waals surface area contributed by atoms with E-state index >= 15 is 0 Å². The summed E-state index contributed by atoms with van der Waals surface area (Å²) in [5, 5.41) is 10.5. The van der Waals surface area contributed by atoms with Crippen molar-refractivity contribution in [3.63, 3.8) is 0 Å². The van der Waals surface area contributed by atoms with Crippen LogP contribution in [0, 0.1) is 6.92 Å². The van der Waals surface area contributed by atoms with E-state index in [1.807, 2.05) is 66.5 Å². The van der Waals surface area contributed by atoms with Crippen LogP contribution in [-0.2, 0) is 31.8 Å². The number of dihydropyridines is 1. The number of hydrogen-bond acceptors (Lipinski definition) is 5. The van der Waals surface area contributed by atoms with Crippen LogP contribution in [0.2, 0.25) is 0 Å². The predicted octanol–water partition coefficient (Wildman–Crippen LogP) is 4.03. The molecule has 2 aromatic rings. The van der Waals surface area contributed by atoms with Gasteiger partial charge in [-0.1, -0.05) is 18.2 Å². The molecule has 0 saturated carbocycles. The van der Waals surface area contributed by atoms with Crippen LogP contribution >= 0.6 is 0 Å². The summed E-state index contributed by atoms with van der Waals surface area (Å²) in [5.41, 5.74) is 3.31. The number of nitrogens with one attached hydrogen (secondary N) is 2. The van der Waals surface area contributed by atoms with Crippen LogP contribution in [0.25, 0.3) is 0 Å². The summed E-state index contributed by atoms with van der Waals surface area (Å²) >= 11 is 0. The number of hydrogen-bond donors (Lipinski definition) is 2. The van der Waals surface area contributed by atoms with E-state index in [2.05, 4.69) is 36.5 Å². The molecule has 0 bridgehead atoms. The summed E-state index contributed by atoms with van der Waals surface area (Å²) in [6.07, 6.45) is 15.0. The first-order valence-electron chi connectivity index (χ1n) is 11.2. The molecule has 2 heterocycles. The van der Waals surface area contributed by atoms with Crippen molar-refractivity contribution in [3.8, 4) is 5.75 Å². The Morgan fingerprint density at radius 2 is 2.09 bits per heavy atom. The number of anilines is 1. The molecule has 0 saturated heterocycles. The van der Waals surface area contributed by atoms with Gasteiger partial charge in [-0.05, 0) is 57.0 Å². The molecule has 4 rings (SSSR count). The number of carbonyl (C=O) groups is 1. The molecular formula is C26H31N4O3S+. The second-order valence-corrected chi connectivity index (χ2v) is 11.0. The van der Waals surface area contributed by atoms with Crippen molar-refractivity contribution in [1.82, 2.24) is 15.1 Å². The van der Waals surface area contributed by atoms with E-state index in [0.29, 0.717) is 17.2 Å². The van der Waals surface area contributed by atoms with Crippen LogP contribution in [0.1, 0.15) is 31.9 Å². The van der Waals surface area contributed by atoms with Gasteiger partial charge in [-0.3, -0.25) is 9.48 Å². The van der Waals surface area contributed by atoms with Crippen molar-refractivity contribution in [2.75, 3.05) is 11.6 Å². The van der Waals surface area contributed by atoms with E-state index in [1.165, 1.54) is 0 Å². The van der Waals surface area contributed by atoms with Gasteiger partial charge in [0.15, 0.2) is 4.91 Å². The van der Waals surface area contributed by atoms with Gasteiger partial charge in [-0.25, -0.2) is 0 Å². The molecular weight excluding hydrogens is 448 g/mol. The van der Waals surface area contributed by atoms with E-state index in [0.717, 1.165) is 21.6 Å². The molecule has 2 aliphatic rings. The summed E-state index contributed by atoms with van der Waals surface area (Å²) in [7, 11) is -1.43. The van der Waals surface area contributed by atoms with E-state index in [1.54, 1.807) is 12.5 Å². The van der Waals surface area contributed by atoms with Gasteiger partial charge in [0.05, 0.1) is 29.9 Å². The van der Waals surface area contributed by atoms with Gasteiger partial charge in [-0.2, -0.15) is 5.10 Å². The molecule has 8 heteroatoms. The molecule has 0 spiro atoms. The van der Waals surface area contributed by atoms with Crippen molar-refractivity contribution in [2.45, 2.75) is 45.7 Å². The summed E-state index contributed by atoms with van der Waals surface area (Å²) in [4.78, 5) is 13.4. The van der Waals surface area contributed by atoms with Gasteiger partial charge in [0.25, 0.3) is 0 Å². The van der Waals surface area contributed by atoms with E-state index in [4.69, 9.17) is 4.74 Å². The van der Waals surface area contributed by atoms with Crippen LogP contribution in [0.3, 0.4) is 0 Å². The van der Waals surface area contributed by atoms with E-state index in [-0.39, 0.29) is 23.9 Å². The highest BCUT2D eigenvalue weighted by atomic mass is 32.2. The summed E-state index contributed by atoms with van der Waals surface area (Å²) in [6, 6.07) is 5.74. The lowest BCUT2D eigenvalue weighted by molar-refractivity contribution is -0.115. The van der Waals surface area contributed by atoms with Gasteiger partial charge < -0.3 is 15.4 Å². The van der Waals surface area contributed by atoms with Crippen LogP contribution in [0.15, 0.2) is 77.3 Å². The maximum absolute atomic E-state index is 12.6. The Hall–Kier alpha value is -3.39. The molecule has 0 fully saturated rings. The normalized spacial score (nSPS) is 18.1. The predicted molar refractivity (Wildman–Crippen MR) is 137 cm³/mol. The van der Waals surface area contributed by atoms with Crippen molar-refractivity contribution in [2.24, 2.45) is 0 Å². The Bertz CT molecular complexity index is 1260. The van der Waals surface area contributed by atoms with Crippen molar-refractivity contribution in [1.29, 1.82) is 0 Å². The Kier molecular flexibility index (Phi) is 6.61.